The van der Waals surface area contributed by atoms with Crippen LogP contribution in [0.1, 0.15) is 113 Å². The lowest BCUT2D eigenvalue weighted by Gasteiger charge is -2.32. The minimum absolute atomic E-state index is 0.0316. The fourth-order valence-electron chi connectivity index (χ4n) is 3.42. The molecule has 1 aromatic rings. The van der Waals surface area contributed by atoms with E-state index in [4.69, 9.17) is 18.9 Å². The number of unbranched alkanes of at least 4 members (excludes halogenated alkanes) is 8. The minimum atomic E-state index is -1.36. The van der Waals surface area contributed by atoms with Gasteiger partial charge in [-0.15, -0.1) is 0 Å². The molecule has 1 N–H and O–H groups in total. The number of hydrogen-bond donors (Lipinski definition) is 1. The number of benzene rings is 1. The Hall–Kier alpha value is -1.96. The molecule has 0 heterocycles. The van der Waals surface area contributed by atoms with Crippen LogP contribution in [0.15, 0.2) is 24.3 Å². The van der Waals surface area contributed by atoms with Gasteiger partial charge in [0.15, 0.2) is 0 Å². The third-order valence-corrected chi connectivity index (χ3v) is 5.25. The average molecular weight is 467 g/mol. The molecule has 0 saturated carbocycles. The summed E-state index contributed by atoms with van der Waals surface area (Å²) in [7, 11) is 0. The number of esters is 1. The number of aromatic carboxylic acids is 1. The van der Waals surface area contributed by atoms with E-state index >= 15 is 0 Å². The van der Waals surface area contributed by atoms with Gasteiger partial charge < -0.3 is 19.3 Å². The van der Waals surface area contributed by atoms with Crippen LogP contribution in [0.2, 0.25) is 0 Å². The van der Waals surface area contributed by atoms with Crippen molar-refractivity contribution in [1.82, 2.24) is 0 Å². The normalized spacial score (nSPS) is 12.5. The Morgan fingerprint density at radius 2 is 1.33 bits per heavy atom. The second kappa shape index (κ2) is 16.6. The Bertz CT molecular complexity index is 673. The maximum absolute atomic E-state index is 12.5. The summed E-state index contributed by atoms with van der Waals surface area (Å²) in [5.74, 6) is -3.33. The number of carbonyl (C=O) groups is 2. The number of rotatable bonds is 19. The van der Waals surface area contributed by atoms with Crippen LogP contribution in [0, 0.1) is 0 Å². The summed E-state index contributed by atoms with van der Waals surface area (Å²) in [4.78, 5) is 23.9. The first-order valence-corrected chi connectivity index (χ1v) is 12.3. The highest BCUT2D eigenvalue weighted by Gasteiger charge is 2.31. The van der Waals surface area contributed by atoms with Crippen LogP contribution < -0.4 is 0 Å². The predicted octanol–water partition coefficient (Wildman–Crippen LogP) is 6.55. The summed E-state index contributed by atoms with van der Waals surface area (Å²) < 4.78 is 23.1. The number of hydrogen-bond acceptors (Lipinski definition) is 6. The molecule has 0 aliphatic heterocycles. The zero-order valence-corrected chi connectivity index (χ0v) is 20.8. The van der Waals surface area contributed by atoms with E-state index in [0.29, 0.717) is 13.2 Å². The van der Waals surface area contributed by atoms with Crippen LogP contribution in [0.3, 0.4) is 0 Å². The van der Waals surface area contributed by atoms with Gasteiger partial charge in [0.2, 0.25) is 6.29 Å². The molecule has 0 radical (unpaired) electrons. The van der Waals surface area contributed by atoms with E-state index < -0.39 is 24.2 Å². The molecule has 0 aliphatic carbocycles. The zero-order valence-electron chi connectivity index (χ0n) is 20.8. The molecule has 7 heteroatoms. The number of ether oxygens (including phenoxy) is 4. The van der Waals surface area contributed by atoms with Crippen LogP contribution in [0.4, 0.5) is 0 Å². The van der Waals surface area contributed by atoms with Gasteiger partial charge in [-0.1, -0.05) is 77.3 Å². The Morgan fingerprint density at radius 1 is 0.848 bits per heavy atom. The summed E-state index contributed by atoms with van der Waals surface area (Å²) in [6.45, 7) is 8.53. The van der Waals surface area contributed by atoms with E-state index in [0.717, 1.165) is 38.5 Å². The molecule has 1 aromatic carbocycles. The van der Waals surface area contributed by atoms with Crippen LogP contribution >= 0.6 is 0 Å². The van der Waals surface area contributed by atoms with Crippen molar-refractivity contribution in [3.05, 3.63) is 35.4 Å². The first-order chi connectivity index (χ1) is 15.8. The fourth-order valence-corrected chi connectivity index (χ4v) is 3.42. The molecule has 33 heavy (non-hydrogen) atoms. The van der Waals surface area contributed by atoms with Crippen LogP contribution in [-0.2, 0) is 18.9 Å². The molecule has 188 valence electrons. The largest absolute Gasteiger partial charge is 0.478 e. The third-order valence-electron chi connectivity index (χ3n) is 5.25. The second-order valence-electron chi connectivity index (χ2n) is 8.33. The standard InChI is InChI=1S/C26H42O7/c1-5-7-9-11-15-19-30-26(4,31-20-16-12-10-8-6-2)33-21(3)32-25(29)23-18-14-13-17-22(23)24(27)28/h13-14,17-18,21H,5-12,15-16,19-20H2,1-4H3,(H,27,28). The average Bonchev–Trinajstić information content (AvgIpc) is 2.78. The van der Waals surface area contributed by atoms with Gasteiger partial charge in [0, 0.05) is 6.92 Å². The first-order valence-electron chi connectivity index (χ1n) is 12.3. The summed E-state index contributed by atoms with van der Waals surface area (Å²) in [5, 5.41) is 9.30. The Morgan fingerprint density at radius 3 is 1.82 bits per heavy atom. The van der Waals surface area contributed by atoms with Crippen LogP contribution in [0.25, 0.3) is 0 Å². The SMILES string of the molecule is CCCCCCCOC(C)(OCCCCCCC)OC(C)OC(=O)c1ccccc1C(=O)O. The minimum Gasteiger partial charge on any atom is -0.478 e. The number of carbonyl (C=O) groups excluding carboxylic acids is 1. The molecule has 0 fully saturated rings. The predicted molar refractivity (Wildman–Crippen MR) is 127 cm³/mol. The van der Waals surface area contributed by atoms with Crippen molar-refractivity contribution < 1.29 is 33.6 Å². The highest BCUT2D eigenvalue weighted by atomic mass is 16.9. The topological polar surface area (TPSA) is 91.3 Å². The third kappa shape index (κ3) is 12.2. The lowest BCUT2D eigenvalue weighted by atomic mass is 10.1. The molecule has 1 unspecified atom stereocenters. The van der Waals surface area contributed by atoms with Gasteiger partial charge in [0.05, 0.1) is 24.3 Å². The van der Waals surface area contributed by atoms with E-state index in [1.165, 1.54) is 37.8 Å². The van der Waals surface area contributed by atoms with Gasteiger partial charge in [-0.2, -0.15) is 0 Å². The summed E-state index contributed by atoms with van der Waals surface area (Å²) in [6, 6.07) is 5.91. The second-order valence-corrected chi connectivity index (χ2v) is 8.33. The van der Waals surface area contributed by atoms with Gasteiger partial charge >= 0.3 is 11.9 Å². The van der Waals surface area contributed by atoms with Crippen molar-refractivity contribution in [2.45, 2.75) is 104 Å². The maximum atomic E-state index is 12.5. The van der Waals surface area contributed by atoms with Gasteiger partial charge in [0.1, 0.15) is 0 Å². The molecular weight excluding hydrogens is 424 g/mol. The van der Waals surface area contributed by atoms with Crippen molar-refractivity contribution >= 4 is 11.9 Å². The Kier molecular flexibility index (Phi) is 14.6. The maximum Gasteiger partial charge on any atom is 0.341 e. The zero-order chi connectivity index (χ0) is 24.5. The molecule has 0 amide bonds. The smallest absolute Gasteiger partial charge is 0.341 e. The molecule has 1 atom stereocenters. The van der Waals surface area contributed by atoms with Gasteiger partial charge in [-0.3, -0.25) is 4.74 Å². The van der Waals surface area contributed by atoms with E-state index in [1.807, 2.05) is 0 Å². The number of carboxylic acid groups (broad SMARTS) is 1. The van der Waals surface area contributed by atoms with Crippen molar-refractivity contribution in [3.63, 3.8) is 0 Å². The highest BCUT2D eigenvalue weighted by Crippen LogP contribution is 2.21. The van der Waals surface area contributed by atoms with Crippen molar-refractivity contribution in [1.29, 1.82) is 0 Å². The molecule has 0 bridgehead atoms. The summed E-state index contributed by atoms with van der Waals surface area (Å²) in [5.41, 5.74) is -0.153. The van der Waals surface area contributed by atoms with Crippen LogP contribution in [-0.4, -0.2) is 42.5 Å². The molecule has 7 nitrogen and oxygen atoms in total. The summed E-state index contributed by atoms with van der Waals surface area (Å²) in [6.07, 6.45) is 9.99. The molecule has 0 spiro atoms. The van der Waals surface area contributed by atoms with Gasteiger partial charge in [0.25, 0.3) is 5.97 Å². The van der Waals surface area contributed by atoms with Crippen LogP contribution in [0.5, 0.6) is 0 Å². The van der Waals surface area contributed by atoms with Crippen molar-refractivity contribution in [2.24, 2.45) is 0 Å². The summed E-state index contributed by atoms with van der Waals surface area (Å²) >= 11 is 0. The monoisotopic (exact) mass is 466 g/mol. The lowest BCUT2D eigenvalue weighted by Crippen LogP contribution is -2.40. The highest BCUT2D eigenvalue weighted by molar-refractivity contribution is 6.02. The molecule has 0 aromatic heterocycles. The fraction of sp³-hybridized carbons (Fsp3) is 0.692. The Balaban J connectivity index is 2.67. The van der Waals surface area contributed by atoms with E-state index in [1.54, 1.807) is 26.0 Å². The van der Waals surface area contributed by atoms with E-state index in [-0.39, 0.29) is 11.1 Å². The molecule has 0 saturated heterocycles. The van der Waals surface area contributed by atoms with E-state index in [2.05, 4.69) is 13.8 Å². The molecule has 0 aliphatic rings. The molecule has 1 rings (SSSR count). The first kappa shape index (κ1) is 29.1. The van der Waals surface area contributed by atoms with Gasteiger partial charge in [-0.25, -0.2) is 9.59 Å². The van der Waals surface area contributed by atoms with Crippen molar-refractivity contribution in [3.8, 4) is 0 Å². The van der Waals surface area contributed by atoms with Crippen molar-refractivity contribution in [2.75, 3.05) is 13.2 Å². The quantitative estimate of drug-likeness (QED) is 0.140. The molecular formula is C26H42O7. The number of carboxylic acids is 1. The Labute approximate surface area is 198 Å². The van der Waals surface area contributed by atoms with Gasteiger partial charge in [-0.05, 0) is 31.9 Å². The van der Waals surface area contributed by atoms with E-state index in [9.17, 15) is 14.7 Å². The lowest BCUT2D eigenvalue weighted by molar-refractivity contribution is -0.401.